The summed E-state index contributed by atoms with van der Waals surface area (Å²) in [6.45, 7) is 0. The van der Waals surface area contributed by atoms with Gasteiger partial charge in [0.05, 0.1) is 0 Å². The number of halogens is 3. The average molecular weight is 376 g/mol. The number of carboxylic acid groups (broad SMARTS) is 1. The highest BCUT2D eigenvalue weighted by atomic mass is 79.9. The van der Waals surface area contributed by atoms with E-state index in [0.29, 0.717) is 10.5 Å². The second-order valence-electron chi connectivity index (χ2n) is 4.01. The maximum absolute atomic E-state index is 13.7. The summed E-state index contributed by atoms with van der Waals surface area (Å²) in [7, 11) is 0. The maximum Gasteiger partial charge on any atom is 0.331 e. The Morgan fingerprint density at radius 1 is 1.29 bits per heavy atom. The van der Waals surface area contributed by atoms with Gasteiger partial charge in [-0.25, -0.2) is 13.6 Å². The van der Waals surface area contributed by atoms with E-state index in [1.807, 2.05) is 0 Å². The molecule has 2 N–H and O–H groups in total. The first kappa shape index (κ1) is 15.6. The van der Waals surface area contributed by atoms with Crippen LogP contribution >= 0.6 is 27.3 Å². The van der Waals surface area contributed by atoms with Gasteiger partial charge in [-0.15, -0.1) is 11.3 Å². The summed E-state index contributed by atoms with van der Waals surface area (Å²) in [6.07, 6.45) is 0. The van der Waals surface area contributed by atoms with Crippen molar-refractivity contribution in [3.63, 3.8) is 0 Å². The van der Waals surface area contributed by atoms with Gasteiger partial charge < -0.3 is 10.4 Å². The number of carbonyl (C=O) groups is 2. The monoisotopic (exact) mass is 375 g/mol. The van der Waals surface area contributed by atoms with E-state index in [-0.39, 0.29) is 10.4 Å². The lowest BCUT2D eigenvalue weighted by molar-refractivity contribution is -0.139. The Balaban J connectivity index is 2.30. The standard InChI is InChI=1S/C13H8BrF2NO3S/c14-8-3-4-21-11(8)12(18)17-10(13(19)20)7-2-1-6(15)5-9(7)16/h1-5,10H,(H,17,18)(H,19,20)/t10-/m1/s1. The van der Waals surface area contributed by atoms with Crippen molar-refractivity contribution in [1.29, 1.82) is 0 Å². The van der Waals surface area contributed by atoms with Crippen LogP contribution in [0.2, 0.25) is 0 Å². The van der Waals surface area contributed by atoms with Gasteiger partial charge in [0.2, 0.25) is 0 Å². The van der Waals surface area contributed by atoms with E-state index in [2.05, 4.69) is 21.2 Å². The summed E-state index contributed by atoms with van der Waals surface area (Å²) < 4.78 is 27.1. The second-order valence-corrected chi connectivity index (χ2v) is 5.78. The highest BCUT2D eigenvalue weighted by Crippen LogP contribution is 2.24. The van der Waals surface area contributed by atoms with Crippen LogP contribution in [0.1, 0.15) is 21.3 Å². The van der Waals surface area contributed by atoms with Gasteiger partial charge in [-0.3, -0.25) is 4.79 Å². The predicted octanol–water partition coefficient (Wildman–Crippen LogP) is 3.34. The van der Waals surface area contributed by atoms with Crippen molar-refractivity contribution >= 4 is 39.1 Å². The normalized spacial score (nSPS) is 12.0. The summed E-state index contributed by atoms with van der Waals surface area (Å²) in [6, 6.07) is 2.52. The third-order valence-corrected chi connectivity index (χ3v) is 4.46. The van der Waals surface area contributed by atoms with Crippen molar-refractivity contribution in [2.45, 2.75) is 6.04 Å². The lowest BCUT2D eigenvalue weighted by Crippen LogP contribution is -2.34. The molecule has 110 valence electrons. The Morgan fingerprint density at radius 3 is 2.52 bits per heavy atom. The van der Waals surface area contributed by atoms with E-state index in [1.54, 1.807) is 11.4 Å². The van der Waals surface area contributed by atoms with Crippen LogP contribution in [-0.4, -0.2) is 17.0 Å². The third-order valence-electron chi connectivity index (χ3n) is 2.62. The number of benzene rings is 1. The van der Waals surface area contributed by atoms with Gasteiger partial charge in [0.1, 0.15) is 16.5 Å². The Bertz CT molecular complexity index is 704. The first-order valence-corrected chi connectivity index (χ1v) is 7.29. The summed E-state index contributed by atoms with van der Waals surface area (Å²) in [4.78, 5) is 23.5. The quantitative estimate of drug-likeness (QED) is 0.860. The summed E-state index contributed by atoms with van der Waals surface area (Å²) in [5.74, 6) is -3.96. The lowest BCUT2D eigenvalue weighted by Gasteiger charge is -2.15. The largest absolute Gasteiger partial charge is 0.479 e. The number of thiophene rings is 1. The number of amides is 1. The van der Waals surface area contributed by atoms with Gasteiger partial charge in [-0.1, -0.05) is 6.07 Å². The first-order valence-electron chi connectivity index (χ1n) is 5.61. The fraction of sp³-hybridized carbons (Fsp3) is 0.0769. The van der Waals surface area contributed by atoms with Crippen molar-refractivity contribution in [2.75, 3.05) is 0 Å². The van der Waals surface area contributed by atoms with Crippen LogP contribution in [0, 0.1) is 11.6 Å². The average Bonchev–Trinajstić information content (AvgIpc) is 2.82. The second kappa shape index (κ2) is 6.31. The molecule has 0 unspecified atom stereocenters. The van der Waals surface area contributed by atoms with E-state index < -0.39 is 29.6 Å². The Morgan fingerprint density at radius 2 is 2.00 bits per heavy atom. The van der Waals surface area contributed by atoms with Gasteiger partial charge in [0.25, 0.3) is 5.91 Å². The van der Waals surface area contributed by atoms with Crippen molar-refractivity contribution in [1.82, 2.24) is 5.32 Å². The van der Waals surface area contributed by atoms with Crippen LogP contribution in [0.5, 0.6) is 0 Å². The topological polar surface area (TPSA) is 66.4 Å². The number of nitrogens with one attached hydrogen (secondary N) is 1. The zero-order valence-corrected chi connectivity index (χ0v) is 12.7. The van der Waals surface area contributed by atoms with Crippen LogP contribution in [0.4, 0.5) is 8.78 Å². The Kier molecular flexibility index (Phi) is 4.69. The van der Waals surface area contributed by atoms with Crippen molar-refractivity contribution in [3.05, 3.63) is 56.2 Å². The van der Waals surface area contributed by atoms with Crippen LogP contribution in [0.3, 0.4) is 0 Å². The lowest BCUT2D eigenvalue weighted by atomic mass is 10.1. The minimum atomic E-state index is -1.60. The molecule has 0 saturated carbocycles. The molecular weight excluding hydrogens is 368 g/mol. The molecule has 21 heavy (non-hydrogen) atoms. The van der Waals surface area contributed by atoms with Gasteiger partial charge in [0.15, 0.2) is 6.04 Å². The van der Waals surface area contributed by atoms with Crippen LogP contribution in [0.15, 0.2) is 34.1 Å². The molecule has 0 aliphatic heterocycles. The molecule has 0 aliphatic rings. The number of hydrogen-bond donors (Lipinski definition) is 2. The summed E-state index contributed by atoms with van der Waals surface area (Å²) >= 11 is 4.26. The molecule has 1 aromatic heterocycles. The highest BCUT2D eigenvalue weighted by molar-refractivity contribution is 9.10. The molecule has 2 aromatic rings. The number of carbonyl (C=O) groups excluding carboxylic acids is 1. The van der Waals surface area contributed by atoms with Gasteiger partial charge in [0, 0.05) is 16.1 Å². The molecule has 2 rings (SSSR count). The highest BCUT2D eigenvalue weighted by Gasteiger charge is 2.26. The van der Waals surface area contributed by atoms with Crippen LogP contribution in [-0.2, 0) is 4.79 Å². The molecule has 1 heterocycles. The molecule has 0 bridgehead atoms. The van der Waals surface area contributed by atoms with Crippen molar-refractivity contribution < 1.29 is 23.5 Å². The molecule has 0 radical (unpaired) electrons. The van der Waals surface area contributed by atoms with Gasteiger partial charge >= 0.3 is 5.97 Å². The molecular formula is C13H8BrF2NO3S. The van der Waals surface area contributed by atoms with E-state index in [4.69, 9.17) is 5.11 Å². The molecule has 0 saturated heterocycles. The van der Waals surface area contributed by atoms with E-state index in [1.165, 1.54) is 0 Å². The minimum absolute atomic E-state index is 0.267. The van der Waals surface area contributed by atoms with Crippen LogP contribution < -0.4 is 5.32 Å². The zero-order chi connectivity index (χ0) is 15.6. The third kappa shape index (κ3) is 3.45. The maximum atomic E-state index is 13.7. The molecule has 1 atom stereocenters. The number of carboxylic acids is 1. The summed E-state index contributed by atoms with van der Waals surface area (Å²) in [5.41, 5.74) is -0.315. The SMILES string of the molecule is O=C(N[C@@H](C(=O)O)c1ccc(F)cc1F)c1sccc1Br. The molecule has 8 heteroatoms. The predicted molar refractivity (Wildman–Crippen MR) is 76.2 cm³/mol. The Labute approximate surface area is 130 Å². The van der Waals surface area contributed by atoms with E-state index in [9.17, 15) is 18.4 Å². The van der Waals surface area contributed by atoms with Gasteiger partial charge in [-0.05, 0) is 33.4 Å². The molecule has 0 aliphatic carbocycles. The number of rotatable bonds is 4. The molecule has 0 spiro atoms. The van der Waals surface area contributed by atoms with E-state index >= 15 is 0 Å². The van der Waals surface area contributed by atoms with Gasteiger partial charge in [-0.2, -0.15) is 0 Å². The fourth-order valence-corrected chi connectivity index (χ4v) is 3.11. The van der Waals surface area contributed by atoms with Crippen LogP contribution in [0.25, 0.3) is 0 Å². The molecule has 4 nitrogen and oxygen atoms in total. The fourth-order valence-electron chi connectivity index (χ4n) is 1.66. The molecule has 1 amide bonds. The van der Waals surface area contributed by atoms with Crippen molar-refractivity contribution in [2.24, 2.45) is 0 Å². The first-order chi connectivity index (χ1) is 9.90. The number of aliphatic carboxylic acids is 1. The molecule has 1 aromatic carbocycles. The zero-order valence-electron chi connectivity index (χ0n) is 10.3. The van der Waals surface area contributed by atoms with E-state index in [0.717, 1.165) is 23.5 Å². The minimum Gasteiger partial charge on any atom is -0.479 e. The Hall–Kier alpha value is -1.80. The smallest absolute Gasteiger partial charge is 0.331 e. The summed E-state index contributed by atoms with van der Waals surface area (Å²) in [5, 5.41) is 13.0. The number of hydrogen-bond acceptors (Lipinski definition) is 3. The molecule has 0 fully saturated rings. The van der Waals surface area contributed by atoms with Crippen molar-refractivity contribution in [3.8, 4) is 0 Å².